The lowest BCUT2D eigenvalue weighted by atomic mass is 10.2. The van der Waals surface area contributed by atoms with Gasteiger partial charge in [-0.2, -0.15) is 0 Å². The summed E-state index contributed by atoms with van der Waals surface area (Å²) >= 11 is 0. The van der Waals surface area contributed by atoms with Crippen molar-refractivity contribution in [2.24, 2.45) is 0 Å². The van der Waals surface area contributed by atoms with Gasteiger partial charge in [-0.1, -0.05) is 6.07 Å². The molecule has 0 bridgehead atoms. The minimum absolute atomic E-state index is 0.197. The zero-order valence-corrected chi connectivity index (χ0v) is 18.5. The number of pyridine rings is 1. The Bertz CT molecular complexity index is 1040. The highest BCUT2D eigenvalue weighted by Gasteiger charge is 2.19. The van der Waals surface area contributed by atoms with Crippen LogP contribution in [0.5, 0.6) is 0 Å². The normalized spacial score (nSPS) is 12.3. The molecular weight excluding hydrogens is 446 g/mol. The van der Waals surface area contributed by atoms with Crippen molar-refractivity contribution in [1.29, 1.82) is 0 Å². The fraction of sp³-hybridized carbons (Fsp3) is 0.261. The van der Waals surface area contributed by atoms with Crippen LogP contribution in [0.3, 0.4) is 0 Å². The highest BCUT2D eigenvalue weighted by molar-refractivity contribution is 5.93. The number of ether oxygens (including phenoxy) is 2. The molecule has 0 aromatic carbocycles. The van der Waals surface area contributed by atoms with Crippen LogP contribution in [-0.2, 0) is 19.1 Å². The van der Waals surface area contributed by atoms with E-state index in [1.54, 1.807) is 38.1 Å². The molecule has 0 spiro atoms. The number of furan rings is 2. The largest absolute Gasteiger partial charge is 0.467 e. The maximum atomic E-state index is 12.2. The zero-order chi connectivity index (χ0) is 24.5. The monoisotopic (exact) mass is 469 g/mol. The number of hydrogen-bond donors (Lipinski definition) is 2. The summed E-state index contributed by atoms with van der Waals surface area (Å²) < 4.78 is 20.3. The van der Waals surface area contributed by atoms with Crippen LogP contribution in [0, 0.1) is 0 Å². The number of esters is 2. The van der Waals surface area contributed by atoms with Crippen LogP contribution in [-0.4, -0.2) is 42.0 Å². The molecule has 0 fully saturated rings. The van der Waals surface area contributed by atoms with E-state index in [2.05, 4.69) is 15.6 Å². The van der Waals surface area contributed by atoms with Gasteiger partial charge in [0.1, 0.15) is 22.9 Å². The molecule has 0 saturated heterocycles. The molecule has 0 saturated carbocycles. The Morgan fingerprint density at radius 3 is 1.59 bits per heavy atom. The van der Waals surface area contributed by atoms with Gasteiger partial charge in [0.25, 0.3) is 11.8 Å². The van der Waals surface area contributed by atoms with E-state index in [0.717, 1.165) is 0 Å². The van der Waals surface area contributed by atoms with E-state index < -0.39 is 49.1 Å². The maximum Gasteiger partial charge on any atom is 0.357 e. The Kier molecular flexibility index (Phi) is 8.16. The molecule has 11 nitrogen and oxygen atoms in total. The second-order valence-corrected chi connectivity index (χ2v) is 7.17. The lowest BCUT2D eigenvalue weighted by Crippen LogP contribution is -2.31. The second kappa shape index (κ2) is 11.5. The van der Waals surface area contributed by atoms with E-state index >= 15 is 0 Å². The van der Waals surface area contributed by atoms with Crippen molar-refractivity contribution in [2.75, 3.05) is 13.2 Å². The first-order valence-corrected chi connectivity index (χ1v) is 10.3. The van der Waals surface area contributed by atoms with Crippen molar-refractivity contribution in [3.63, 3.8) is 0 Å². The van der Waals surface area contributed by atoms with Gasteiger partial charge in [-0.05, 0) is 50.2 Å². The fourth-order valence-electron chi connectivity index (χ4n) is 2.86. The van der Waals surface area contributed by atoms with Crippen molar-refractivity contribution in [2.45, 2.75) is 25.9 Å². The van der Waals surface area contributed by atoms with Gasteiger partial charge in [0.15, 0.2) is 13.2 Å². The van der Waals surface area contributed by atoms with Gasteiger partial charge in [-0.3, -0.25) is 9.59 Å². The molecule has 2 amide bonds. The lowest BCUT2D eigenvalue weighted by molar-refractivity contribution is -0.125. The summed E-state index contributed by atoms with van der Waals surface area (Å²) in [6, 6.07) is 10.0. The summed E-state index contributed by atoms with van der Waals surface area (Å²) in [5, 5.41) is 5.24. The number of nitrogens with zero attached hydrogens (tertiary/aromatic N) is 1. The van der Waals surface area contributed by atoms with E-state index in [-0.39, 0.29) is 11.4 Å². The maximum absolute atomic E-state index is 12.2. The van der Waals surface area contributed by atoms with Gasteiger partial charge in [0.05, 0.1) is 24.6 Å². The number of nitrogens with one attached hydrogen (secondary N) is 2. The average Bonchev–Trinajstić information content (AvgIpc) is 3.55. The summed E-state index contributed by atoms with van der Waals surface area (Å²) in [6.07, 6.45) is 2.96. The molecule has 2 N–H and O–H groups in total. The van der Waals surface area contributed by atoms with E-state index in [1.165, 1.54) is 30.7 Å². The van der Waals surface area contributed by atoms with Gasteiger partial charge >= 0.3 is 11.9 Å². The van der Waals surface area contributed by atoms with Crippen LogP contribution >= 0.6 is 0 Å². The van der Waals surface area contributed by atoms with Gasteiger partial charge in [-0.15, -0.1) is 0 Å². The van der Waals surface area contributed by atoms with Crippen molar-refractivity contribution < 1.29 is 37.5 Å². The average molecular weight is 469 g/mol. The third-order valence-electron chi connectivity index (χ3n) is 4.53. The van der Waals surface area contributed by atoms with Crippen molar-refractivity contribution in [3.05, 3.63) is 77.9 Å². The molecule has 3 heterocycles. The Labute approximate surface area is 194 Å². The molecule has 0 aliphatic carbocycles. The predicted molar refractivity (Wildman–Crippen MR) is 115 cm³/mol. The number of aromatic nitrogens is 1. The van der Waals surface area contributed by atoms with Crippen LogP contribution in [0.4, 0.5) is 0 Å². The molecule has 0 radical (unpaired) electrons. The quantitative estimate of drug-likeness (QED) is 0.426. The standard InChI is InChI=1S/C23H23N3O8/c1-14(18-8-4-10-31-18)24-20(27)12-33-22(29)16-6-3-7-17(26-16)23(30)34-13-21(28)25-15(2)19-9-5-11-32-19/h3-11,14-15H,12-13H2,1-2H3,(H,24,27)(H,25,28)/t14-,15-/m1/s1. The predicted octanol–water partition coefficient (Wildman–Crippen LogP) is 2.34. The van der Waals surface area contributed by atoms with Gasteiger partial charge in [0.2, 0.25) is 0 Å². The van der Waals surface area contributed by atoms with E-state index in [9.17, 15) is 19.2 Å². The molecule has 3 aromatic rings. The third-order valence-corrected chi connectivity index (χ3v) is 4.53. The summed E-state index contributed by atoms with van der Waals surface area (Å²) in [6.45, 7) is 2.34. The Hall–Kier alpha value is -4.41. The lowest BCUT2D eigenvalue weighted by Gasteiger charge is -2.12. The highest BCUT2D eigenvalue weighted by Crippen LogP contribution is 2.13. The van der Waals surface area contributed by atoms with Crippen molar-refractivity contribution in [1.82, 2.24) is 15.6 Å². The number of amides is 2. The molecule has 3 rings (SSSR count). The van der Waals surface area contributed by atoms with Gasteiger partial charge in [-0.25, -0.2) is 14.6 Å². The summed E-state index contributed by atoms with van der Waals surface area (Å²) in [7, 11) is 0. The minimum Gasteiger partial charge on any atom is -0.467 e. The summed E-state index contributed by atoms with van der Waals surface area (Å²) in [5.41, 5.74) is -0.394. The smallest absolute Gasteiger partial charge is 0.357 e. The minimum atomic E-state index is -0.902. The van der Waals surface area contributed by atoms with Crippen LogP contribution in [0.2, 0.25) is 0 Å². The first-order valence-electron chi connectivity index (χ1n) is 10.3. The van der Waals surface area contributed by atoms with Crippen LogP contribution in [0.15, 0.2) is 63.8 Å². The molecule has 2 atom stereocenters. The molecule has 0 aliphatic rings. The molecule has 0 aliphatic heterocycles. The van der Waals surface area contributed by atoms with Crippen molar-refractivity contribution in [3.8, 4) is 0 Å². The fourth-order valence-corrected chi connectivity index (χ4v) is 2.86. The van der Waals surface area contributed by atoms with E-state index in [0.29, 0.717) is 11.5 Å². The van der Waals surface area contributed by atoms with Crippen LogP contribution < -0.4 is 10.6 Å². The Morgan fingerprint density at radius 1 is 0.765 bits per heavy atom. The SMILES string of the molecule is C[C@@H](NC(=O)COC(=O)c1cccc(C(=O)OCC(=O)N[C@H](C)c2ccco2)n1)c1ccco1. The molecule has 34 heavy (non-hydrogen) atoms. The van der Waals surface area contributed by atoms with Gasteiger partial charge in [0, 0.05) is 0 Å². The number of carbonyl (C=O) groups is 4. The molecule has 11 heteroatoms. The summed E-state index contributed by atoms with van der Waals surface area (Å²) in [4.78, 5) is 52.3. The molecule has 0 unspecified atom stereocenters. The van der Waals surface area contributed by atoms with Crippen LogP contribution in [0.1, 0.15) is 58.4 Å². The number of rotatable bonds is 10. The van der Waals surface area contributed by atoms with E-state index in [4.69, 9.17) is 18.3 Å². The Balaban J connectivity index is 1.46. The van der Waals surface area contributed by atoms with Crippen molar-refractivity contribution >= 4 is 23.8 Å². The van der Waals surface area contributed by atoms with Crippen LogP contribution in [0.25, 0.3) is 0 Å². The number of carbonyl (C=O) groups excluding carboxylic acids is 4. The van der Waals surface area contributed by atoms with Gasteiger partial charge < -0.3 is 28.9 Å². The first-order chi connectivity index (χ1) is 16.3. The zero-order valence-electron chi connectivity index (χ0n) is 18.5. The summed E-state index contributed by atoms with van der Waals surface area (Å²) in [5.74, 6) is -1.78. The Morgan fingerprint density at radius 2 is 1.21 bits per heavy atom. The first kappa shape index (κ1) is 24.2. The van der Waals surface area contributed by atoms with E-state index in [1.807, 2.05) is 0 Å². The highest BCUT2D eigenvalue weighted by atomic mass is 16.5. The molecule has 178 valence electrons. The molecular formula is C23H23N3O8. The third kappa shape index (κ3) is 6.79. The number of hydrogen-bond acceptors (Lipinski definition) is 9. The topological polar surface area (TPSA) is 150 Å². The molecule has 3 aromatic heterocycles. The second-order valence-electron chi connectivity index (χ2n) is 7.17.